The van der Waals surface area contributed by atoms with Gasteiger partial charge in [-0.2, -0.15) is 5.10 Å². The Morgan fingerprint density at radius 2 is 1.75 bits per heavy atom. The number of rotatable bonds is 3. The summed E-state index contributed by atoms with van der Waals surface area (Å²) in [5.74, 6) is 2.89. The first-order valence-electron chi connectivity index (χ1n) is 8.00. The average molecular weight is 324 g/mol. The van der Waals surface area contributed by atoms with Crippen molar-refractivity contribution in [3.05, 3.63) is 37.1 Å². The smallest absolute Gasteiger partial charge is 0.154 e. The van der Waals surface area contributed by atoms with Gasteiger partial charge in [0.25, 0.3) is 0 Å². The zero-order valence-corrected chi connectivity index (χ0v) is 13.9. The van der Waals surface area contributed by atoms with Crippen LogP contribution in [0.2, 0.25) is 0 Å². The average Bonchev–Trinajstić information content (AvgIpc) is 3.11. The number of piperazine rings is 1. The molecule has 0 amide bonds. The molecule has 3 aromatic heterocycles. The minimum atomic E-state index is 0.902. The van der Waals surface area contributed by atoms with Gasteiger partial charge in [0.15, 0.2) is 5.82 Å². The summed E-state index contributed by atoms with van der Waals surface area (Å²) in [6.45, 7) is 3.61. The van der Waals surface area contributed by atoms with Gasteiger partial charge in [0.2, 0.25) is 0 Å². The van der Waals surface area contributed by atoms with E-state index in [1.807, 2.05) is 41.8 Å². The third-order valence-corrected chi connectivity index (χ3v) is 4.30. The van der Waals surface area contributed by atoms with E-state index < -0.39 is 0 Å². The molecule has 1 fully saturated rings. The van der Waals surface area contributed by atoms with Crippen molar-refractivity contribution in [2.24, 2.45) is 0 Å². The lowest BCUT2D eigenvalue weighted by Gasteiger charge is -2.36. The molecule has 0 aliphatic carbocycles. The summed E-state index contributed by atoms with van der Waals surface area (Å²) in [6, 6.07) is 4.04. The van der Waals surface area contributed by atoms with Crippen LogP contribution in [-0.4, -0.2) is 64.8 Å². The Kier molecular flexibility index (Phi) is 3.64. The van der Waals surface area contributed by atoms with Gasteiger partial charge in [-0.1, -0.05) is 0 Å². The van der Waals surface area contributed by atoms with Crippen LogP contribution in [0.5, 0.6) is 0 Å². The van der Waals surface area contributed by atoms with Gasteiger partial charge in [-0.25, -0.2) is 19.5 Å². The lowest BCUT2D eigenvalue weighted by atomic mass is 10.3. The molecule has 4 rings (SSSR count). The molecule has 124 valence electrons. The monoisotopic (exact) mass is 324 g/mol. The summed E-state index contributed by atoms with van der Waals surface area (Å²) in [5.41, 5.74) is 1.04. The van der Waals surface area contributed by atoms with Crippen LogP contribution in [0.15, 0.2) is 37.1 Å². The number of aromatic nitrogens is 5. The highest BCUT2D eigenvalue weighted by atomic mass is 15.3. The number of anilines is 3. The third kappa shape index (κ3) is 2.60. The normalized spacial score (nSPS) is 15.1. The summed E-state index contributed by atoms with van der Waals surface area (Å²) in [6.07, 6.45) is 7.11. The predicted molar refractivity (Wildman–Crippen MR) is 93.8 cm³/mol. The summed E-state index contributed by atoms with van der Waals surface area (Å²) in [7, 11) is 3.98. The molecule has 0 N–H and O–H groups in total. The van der Waals surface area contributed by atoms with E-state index in [4.69, 9.17) is 0 Å². The first-order chi connectivity index (χ1) is 11.7. The number of hydrogen-bond donors (Lipinski definition) is 0. The predicted octanol–water partition coefficient (Wildman–Crippen LogP) is 0.912. The van der Waals surface area contributed by atoms with E-state index >= 15 is 0 Å². The van der Waals surface area contributed by atoms with Crippen LogP contribution in [0, 0.1) is 0 Å². The second-order valence-electron chi connectivity index (χ2n) is 6.01. The second kappa shape index (κ2) is 5.95. The Hall–Kier alpha value is -2.90. The number of nitrogens with zero attached hydrogens (tertiary/aromatic N) is 8. The highest BCUT2D eigenvalue weighted by Gasteiger charge is 2.21. The van der Waals surface area contributed by atoms with E-state index in [-0.39, 0.29) is 0 Å². The van der Waals surface area contributed by atoms with Crippen LogP contribution < -0.4 is 14.7 Å². The van der Waals surface area contributed by atoms with Gasteiger partial charge < -0.3 is 14.7 Å². The standard InChI is InChI=1S/C16H20N8/c1-21(2)14-11-15(19-12-18-14)22-7-9-23(10-8-22)16-13-3-4-20-24(13)6-5-17-16/h3-6,11-12H,7-10H2,1-2H3. The SMILES string of the molecule is CN(C)c1cc(N2CCN(c3nccn4nccc34)CC2)ncn1. The molecule has 0 bridgehead atoms. The molecule has 8 nitrogen and oxygen atoms in total. The molecule has 3 aromatic rings. The maximum Gasteiger partial charge on any atom is 0.154 e. The van der Waals surface area contributed by atoms with Gasteiger partial charge in [-0.05, 0) is 6.07 Å². The molecule has 0 atom stereocenters. The summed E-state index contributed by atoms with van der Waals surface area (Å²) < 4.78 is 1.86. The quantitative estimate of drug-likeness (QED) is 0.709. The van der Waals surface area contributed by atoms with E-state index in [1.54, 1.807) is 18.7 Å². The van der Waals surface area contributed by atoms with Gasteiger partial charge in [0.05, 0.1) is 6.20 Å². The summed E-state index contributed by atoms with van der Waals surface area (Å²) >= 11 is 0. The molecular weight excluding hydrogens is 304 g/mol. The van der Waals surface area contributed by atoms with Crippen LogP contribution in [0.3, 0.4) is 0 Å². The number of fused-ring (bicyclic) bond motifs is 1. The lowest BCUT2D eigenvalue weighted by Crippen LogP contribution is -2.47. The fourth-order valence-corrected chi connectivity index (χ4v) is 2.99. The maximum absolute atomic E-state index is 4.55. The van der Waals surface area contributed by atoms with Crippen LogP contribution in [0.1, 0.15) is 0 Å². The van der Waals surface area contributed by atoms with Gasteiger partial charge in [-0.3, -0.25) is 0 Å². The molecule has 0 spiro atoms. The Morgan fingerprint density at radius 3 is 2.54 bits per heavy atom. The molecular formula is C16H20N8. The summed E-state index contributed by atoms with van der Waals surface area (Å²) in [5, 5.41) is 4.28. The van der Waals surface area contributed by atoms with Crippen molar-refractivity contribution >= 4 is 23.0 Å². The van der Waals surface area contributed by atoms with Crippen molar-refractivity contribution in [2.75, 3.05) is 55.0 Å². The lowest BCUT2D eigenvalue weighted by molar-refractivity contribution is 0.641. The van der Waals surface area contributed by atoms with Crippen LogP contribution >= 0.6 is 0 Å². The Labute approximate surface area is 140 Å². The van der Waals surface area contributed by atoms with Crippen molar-refractivity contribution in [3.8, 4) is 0 Å². The maximum atomic E-state index is 4.55. The highest BCUT2D eigenvalue weighted by molar-refractivity contribution is 5.68. The summed E-state index contributed by atoms with van der Waals surface area (Å²) in [4.78, 5) is 19.9. The molecule has 0 unspecified atom stereocenters. The Balaban J connectivity index is 1.51. The van der Waals surface area contributed by atoms with E-state index in [0.29, 0.717) is 0 Å². The van der Waals surface area contributed by atoms with Crippen molar-refractivity contribution in [2.45, 2.75) is 0 Å². The molecule has 1 saturated heterocycles. The van der Waals surface area contributed by atoms with Crippen molar-refractivity contribution < 1.29 is 0 Å². The van der Waals surface area contributed by atoms with Gasteiger partial charge in [-0.15, -0.1) is 0 Å². The third-order valence-electron chi connectivity index (χ3n) is 4.30. The molecule has 4 heterocycles. The van der Waals surface area contributed by atoms with E-state index in [2.05, 4.69) is 29.9 Å². The first kappa shape index (κ1) is 14.7. The Bertz CT molecular complexity index is 835. The van der Waals surface area contributed by atoms with Gasteiger partial charge >= 0.3 is 0 Å². The van der Waals surface area contributed by atoms with Crippen LogP contribution in [0.25, 0.3) is 5.52 Å². The first-order valence-corrected chi connectivity index (χ1v) is 8.00. The topological polar surface area (TPSA) is 65.7 Å². The second-order valence-corrected chi connectivity index (χ2v) is 6.01. The highest BCUT2D eigenvalue weighted by Crippen LogP contribution is 2.22. The van der Waals surface area contributed by atoms with Gasteiger partial charge in [0, 0.05) is 58.7 Å². The largest absolute Gasteiger partial charge is 0.363 e. The van der Waals surface area contributed by atoms with Crippen molar-refractivity contribution in [1.82, 2.24) is 24.6 Å². The molecule has 8 heteroatoms. The van der Waals surface area contributed by atoms with Crippen LogP contribution in [0.4, 0.5) is 17.5 Å². The molecule has 0 aromatic carbocycles. The number of hydrogen-bond acceptors (Lipinski definition) is 7. The zero-order valence-electron chi connectivity index (χ0n) is 13.9. The molecule has 1 aliphatic rings. The zero-order chi connectivity index (χ0) is 16.5. The fraction of sp³-hybridized carbons (Fsp3) is 0.375. The van der Waals surface area contributed by atoms with E-state index in [1.165, 1.54) is 0 Å². The molecule has 1 aliphatic heterocycles. The molecule has 0 saturated carbocycles. The van der Waals surface area contributed by atoms with Crippen LogP contribution in [-0.2, 0) is 0 Å². The molecule has 24 heavy (non-hydrogen) atoms. The Morgan fingerprint density at radius 1 is 0.958 bits per heavy atom. The minimum Gasteiger partial charge on any atom is -0.363 e. The molecule has 0 radical (unpaired) electrons. The fourth-order valence-electron chi connectivity index (χ4n) is 2.99. The minimum absolute atomic E-state index is 0.902. The van der Waals surface area contributed by atoms with Crippen molar-refractivity contribution in [1.29, 1.82) is 0 Å². The van der Waals surface area contributed by atoms with Gasteiger partial charge in [0.1, 0.15) is 23.5 Å². The van der Waals surface area contributed by atoms with Crippen molar-refractivity contribution in [3.63, 3.8) is 0 Å². The van der Waals surface area contributed by atoms with E-state index in [9.17, 15) is 0 Å². The van der Waals surface area contributed by atoms with E-state index in [0.717, 1.165) is 49.1 Å².